The van der Waals surface area contributed by atoms with Crippen LogP contribution in [0.2, 0.25) is 5.02 Å². The first kappa shape index (κ1) is 12.7. The minimum absolute atomic E-state index is 0.0286. The van der Waals surface area contributed by atoms with E-state index >= 15 is 0 Å². The summed E-state index contributed by atoms with van der Waals surface area (Å²) in [5.74, 6) is 0.764. The van der Waals surface area contributed by atoms with Gasteiger partial charge in [-0.05, 0) is 49.4 Å². The molecule has 0 amide bonds. The molecule has 2 nitrogen and oxygen atoms in total. The molecule has 1 aromatic carbocycles. The van der Waals surface area contributed by atoms with Crippen molar-refractivity contribution in [3.8, 4) is 0 Å². The van der Waals surface area contributed by atoms with Crippen LogP contribution in [0, 0.1) is 5.92 Å². The van der Waals surface area contributed by atoms with Gasteiger partial charge in [0.05, 0.1) is 0 Å². The van der Waals surface area contributed by atoms with Gasteiger partial charge in [-0.25, -0.2) is 0 Å². The Balaban J connectivity index is 2.30. The molecule has 2 rings (SSSR count). The predicted octanol–water partition coefficient (Wildman–Crippen LogP) is 3.60. The van der Waals surface area contributed by atoms with Gasteiger partial charge >= 0.3 is 0 Å². The molecule has 1 aliphatic rings. The van der Waals surface area contributed by atoms with E-state index in [1.54, 1.807) is 0 Å². The highest BCUT2D eigenvalue weighted by molar-refractivity contribution is 6.30. The Morgan fingerprint density at radius 1 is 1.47 bits per heavy atom. The molecule has 3 heteroatoms. The maximum Gasteiger partial charge on any atom is 0.0415 e. The zero-order chi connectivity index (χ0) is 12.4. The fourth-order valence-electron chi connectivity index (χ4n) is 2.59. The van der Waals surface area contributed by atoms with E-state index in [2.05, 4.69) is 17.9 Å². The van der Waals surface area contributed by atoms with E-state index in [0.717, 1.165) is 29.6 Å². The lowest BCUT2D eigenvalue weighted by molar-refractivity contribution is 0.446. The van der Waals surface area contributed by atoms with E-state index < -0.39 is 0 Å². The molecule has 1 aromatic rings. The van der Waals surface area contributed by atoms with Crippen LogP contribution in [0.3, 0.4) is 0 Å². The van der Waals surface area contributed by atoms with Crippen LogP contribution in [-0.2, 0) is 0 Å². The Kier molecular flexibility index (Phi) is 3.95. The number of hydrogen-bond acceptors (Lipinski definition) is 2. The second-order valence-corrected chi connectivity index (χ2v) is 5.62. The van der Waals surface area contributed by atoms with Gasteiger partial charge in [0.15, 0.2) is 0 Å². The molecule has 1 saturated heterocycles. The highest BCUT2D eigenvalue weighted by atomic mass is 35.5. The van der Waals surface area contributed by atoms with Gasteiger partial charge in [0.1, 0.15) is 0 Å². The highest BCUT2D eigenvalue weighted by Crippen LogP contribution is 2.31. The number of anilines is 1. The third-order valence-electron chi connectivity index (χ3n) is 3.48. The molecule has 2 atom stereocenters. The van der Waals surface area contributed by atoms with Crippen LogP contribution in [0.15, 0.2) is 18.2 Å². The molecule has 1 heterocycles. The van der Waals surface area contributed by atoms with Crippen molar-refractivity contribution < 1.29 is 0 Å². The molecule has 0 saturated carbocycles. The van der Waals surface area contributed by atoms with Gasteiger partial charge in [-0.3, -0.25) is 0 Å². The topological polar surface area (TPSA) is 29.3 Å². The number of halogens is 1. The molecule has 0 bridgehead atoms. The number of benzene rings is 1. The third-order valence-corrected chi connectivity index (χ3v) is 3.71. The fourth-order valence-corrected chi connectivity index (χ4v) is 2.77. The first-order valence-electron chi connectivity index (χ1n) is 6.38. The van der Waals surface area contributed by atoms with Gasteiger partial charge in [-0.15, -0.1) is 0 Å². The molecular weight excluding hydrogens is 232 g/mol. The van der Waals surface area contributed by atoms with Crippen molar-refractivity contribution in [2.75, 3.05) is 18.0 Å². The molecule has 1 aliphatic heterocycles. The minimum atomic E-state index is 0.0286. The maximum atomic E-state index is 6.05. The quantitative estimate of drug-likeness (QED) is 0.872. The zero-order valence-corrected chi connectivity index (χ0v) is 11.4. The van der Waals surface area contributed by atoms with Crippen LogP contribution in [-0.4, -0.2) is 13.1 Å². The molecule has 17 heavy (non-hydrogen) atoms. The zero-order valence-electron chi connectivity index (χ0n) is 10.6. The van der Waals surface area contributed by atoms with Gasteiger partial charge in [0.25, 0.3) is 0 Å². The standard InChI is InChI=1S/C14H21ClN2/c1-10-4-3-7-17(9-10)14-6-5-12(15)8-13(14)11(2)16/h5-6,8,10-11H,3-4,7,9,16H2,1-2H3/t10-,11-/m0/s1. The summed E-state index contributed by atoms with van der Waals surface area (Å²) in [6, 6.07) is 6.10. The average molecular weight is 253 g/mol. The average Bonchev–Trinajstić information content (AvgIpc) is 2.28. The van der Waals surface area contributed by atoms with Crippen molar-refractivity contribution in [1.29, 1.82) is 0 Å². The van der Waals surface area contributed by atoms with Crippen molar-refractivity contribution in [2.45, 2.75) is 32.7 Å². The fraction of sp³-hybridized carbons (Fsp3) is 0.571. The molecule has 0 spiro atoms. The lowest BCUT2D eigenvalue weighted by Crippen LogP contribution is -2.35. The van der Waals surface area contributed by atoms with Crippen molar-refractivity contribution in [2.24, 2.45) is 11.7 Å². The Labute approximate surface area is 109 Å². The number of piperidine rings is 1. The van der Waals surface area contributed by atoms with E-state index in [4.69, 9.17) is 17.3 Å². The minimum Gasteiger partial charge on any atom is -0.371 e. The Morgan fingerprint density at radius 3 is 2.88 bits per heavy atom. The maximum absolute atomic E-state index is 6.05. The van der Waals surface area contributed by atoms with Crippen LogP contribution in [0.1, 0.15) is 38.3 Å². The van der Waals surface area contributed by atoms with E-state index in [1.807, 2.05) is 19.1 Å². The summed E-state index contributed by atoms with van der Waals surface area (Å²) >= 11 is 6.05. The molecule has 0 radical (unpaired) electrons. The van der Waals surface area contributed by atoms with Crippen molar-refractivity contribution in [1.82, 2.24) is 0 Å². The number of nitrogens with two attached hydrogens (primary N) is 1. The SMILES string of the molecule is C[C@H]1CCCN(c2ccc(Cl)cc2[C@H](C)N)C1. The number of rotatable bonds is 2. The molecule has 0 aliphatic carbocycles. The summed E-state index contributed by atoms with van der Waals surface area (Å²) in [5, 5.41) is 0.770. The largest absolute Gasteiger partial charge is 0.371 e. The molecule has 0 aromatic heterocycles. The van der Waals surface area contributed by atoms with E-state index in [1.165, 1.54) is 18.5 Å². The lowest BCUT2D eigenvalue weighted by Gasteiger charge is -2.34. The van der Waals surface area contributed by atoms with Gasteiger partial charge in [0.2, 0.25) is 0 Å². The van der Waals surface area contributed by atoms with Crippen molar-refractivity contribution in [3.05, 3.63) is 28.8 Å². The highest BCUT2D eigenvalue weighted by Gasteiger charge is 2.20. The first-order chi connectivity index (χ1) is 8.08. The van der Waals surface area contributed by atoms with Crippen LogP contribution in [0.5, 0.6) is 0 Å². The van der Waals surface area contributed by atoms with Gasteiger partial charge in [0, 0.05) is 29.8 Å². The van der Waals surface area contributed by atoms with E-state index in [9.17, 15) is 0 Å². The normalized spacial score (nSPS) is 22.6. The smallest absolute Gasteiger partial charge is 0.0415 e. The van der Waals surface area contributed by atoms with Crippen LogP contribution in [0.25, 0.3) is 0 Å². The van der Waals surface area contributed by atoms with Gasteiger partial charge < -0.3 is 10.6 Å². The lowest BCUT2D eigenvalue weighted by atomic mass is 9.97. The number of nitrogens with zero attached hydrogens (tertiary/aromatic N) is 1. The Hall–Kier alpha value is -0.730. The molecular formula is C14H21ClN2. The monoisotopic (exact) mass is 252 g/mol. The molecule has 94 valence electrons. The summed E-state index contributed by atoms with van der Waals surface area (Å²) in [6.45, 7) is 6.59. The summed E-state index contributed by atoms with van der Waals surface area (Å²) < 4.78 is 0. The van der Waals surface area contributed by atoms with Gasteiger partial charge in [-0.1, -0.05) is 18.5 Å². The second kappa shape index (κ2) is 5.28. The second-order valence-electron chi connectivity index (χ2n) is 5.19. The molecule has 1 fully saturated rings. The summed E-state index contributed by atoms with van der Waals surface area (Å²) in [7, 11) is 0. The number of hydrogen-bond donors (Lipinski definition) is 1. The van der Waals surface area contributed by atoms with Crippen molar-refractivity contribution >= 4 is 17.3 Å². The van der Waals surface area contributed by atoms with Crippen molar-refractivity contribution in [3.63, 3.8) is 0 Å². The summed E-state index contributed by atoms with van der Waals surface area (Å²) in [5.41, 5.74) is 8.46. The Morgan fingerprint density at radius 2 is 2.24 bits per heavy atom. The third kappa shape index (κ3) is 2.93. The summed E-state index contributed by atoms with van der Waals surface area (Å²) in [6.07, 6.45) is 2.60. The van der Waals surface area contributed by atoms with Crippen LogP contribution in [0.4, 0.5) is 5.69 Å². The Bertz CT molecular complexity index is 390. The predicted molar refractivity (Wildman–Crippen MR) is 74.7 cm³/mol. The van der Waals surface area contributed by atoms with Gasteiger partial charge in [-0.2, -0.15) is 0 Å². The first-order valence-corrected chi connectivity index (χ1v) is 6.75. The molecule has 2 N–H and O–H groups in total. The van der Waals surface area contributed by atoms with E-state index in [-0.39, 0.29) is 6.04 Å². The van der Waals surface area contributed by atoms with Crippen LogP contribution >= 0.6 is 11.6 Å². The van der Waals surface area contributed by atoms with E-state index in [0.29, 0.717) is 0 Å². The molecule has 0 unspecified atom stereocenters. The summed E-state index contributed by atoms with van der Waals surface area (Å²) in [4.78, 5) is 2.45. The van der Waals surface area contributed by atoms with Crippen LogP contribution < -0.4 is 10.6 Å².